The summed E-state index contributed by atoms with van der Waals surface area (Å²) in [4.78, 5) is 11.4. The molecule has 2 aliphatic rings. The molecule has 0 radical (unpaired) electrons. The fourth-order valence-corrected chi connectivity index (χ4v) is 2.80. The normalized spacial score (nSPS) is 24.8. The van der Waals surface area contributed by atoms with Crippen LogP contribution in [0, 0.1) is 11.8 Å². The van der Waals surface area contributed by atoms with Crippen LogP contribution < -0.4 is 0 Å². The van der Waals surface area contributed by atoms with Gasteiger partial charge in [-0.1, -0.05) is 13.0 Å². The van der Waals surface area contributed by atoms with E-state index in [0.29, 0.717) is 5.76 Å². The lowest BCUT2D eigenvalue weighted by Gasteiger charge is -2.28. The Morgan fingerprint density at radius 2 is 2.00 bits per heavy atom. The standard InChI is InChI=1S/C15H18O7S/c1-9-5-13(21-10(2)16)6-11-3-4-12(7-14(9)11)22-15(17)8-23(18,19)20/h3-7,9-10,14,16H,8H2,1-2H3,(H,18,19,20). The first-order chi connectivity index (χ1) is 10.6. The molecule has 0 aromatic rings. The van der Waals surface area contributed by atoms with Crippen LogP contribution in [0.15, 0.2) is 47.5 Å². The summed E-state index contributed by atoms with van der Waals surface area (Å²) in [7, 11) is -4.41. The third-order valence-corrected chi connectivity index (χ3v) is 3.91. The van der Waals surface area contributed by atoms with Gasteiger partial charge in [-0.05, 0) is 42.7 Å². The molecule has 7 nitrogen and oxygen atoms in total. The molecular weight excluding hydrogens is 324 g/mol. The minimum Gasteiger partial charge on any atom is -0.466 e. The first-order valence-corrected chi connectivity index (χ1v) is 8.59. The van der Waals surface area contributed by atoms with Crippen molar-refractivity contribution in [2.75, 3.05) is 5.75 Å². The van der Waals surface area contributed by atoms with Crippen molar-refractivity contribution in [2.24, 2.45) is 11.8 Å². The average molecular weight is 342 g/mol. The van der Waals surface area contributed by atoms with Crippen LogP contribution in [0.25, 0.3) is 0 Å². The predicted molar refractivity (Wildman–Crippen MR) is 81.3 cm³/mol. The molecule has 2 rings (SSSR count). The molecule has 0 fully saturated rings. The van der Waals surface area contributed by atoms with Crippen LogP contribution in [-0.2, 0) is 24.4 Å². The quantitative estimate of drug-likeness (QED) is 0.440. The first-order valence-electron chi connectivity index (χ1n) is 6.98. The van der Waals surface area contributed by atoms with E-state index < -0.39 is 28.1 Å². The van der Waals surface area contributed by atoms with Crippen molar-refractivity contribution in [3.63, 3.8) is 0 Å². The van der Waals surface area contributed by atoms with Crippen molar-refractivity contribution in [3.8, 4) is 0 Å². The molecule has 0 spiro atoms. The summed E-state index contributed by atoms with van der Waals surface area (Å²) in [5.41, 5.74) is 0.922. The monoisotopic (exact) mass is 342 g/mol. The van der Waals surface area contributed by atoms with E-state index in [0.717, 1.165) is 5.57 Å². The lowest BCUT2D eigenvalue weighted by atomic mass is 9.80. The molecule has 0 aromatic heterocycles. The zero-order valence-electron chi connectivity index (χ0n) is 12.7. The number of ether oxygens (including phenoxy) is 2. The minimum atomic E-state index is -4.41. The van der Waals surface area contributed by atoms with Crippen molar-refractivity contribution in [1.29, 1.82) is 0 Å². The minimum absolute atomic E-state index is 0.0315. The number of aliphatic hydroxyl groups is 1. The maximum atomic E-state index is 11.4. The van der Waals surface area contributed by atoms with Gasteiger partial charge in [0.25, 0.3) is 10.1 Å². The third-order valence-electron chi connectivity index (χ3n) is 3.31. The SMILES string of the molecule is CC(O)OC1=CC(C)C2C=C(OC(=O)CS(=O)(=O)O)C=CC2=C1. The zero-order valence-corrected chi connectivity index (χ0v) is 13.5. The average Bonchev–Trinajstić information content (AvgIpc) is 2.36. The number of allylic oxidation sites excluding steroid dienone is 6. The smallest absolute Gasteiger partial charge is 0.329 e. The molecule has 0 saturated carbocycles. The molecule has 0 aromatic carbocycles. The highest BCUT2D eigenvalue weighted by molar-refractivity contribution is 7.86. The summed E-state index contributed by atoms with van der Waals surface area (Å²) in [6.45, 7) is 3.45. The van der Waals surface area contributed by atoms with E-state index in [2.05, 4.69) is 0 Å². The molecule has 0 amide bonds. The largest absolute Gasteiger partial charge is 0.466 e. The van der Waals surface area contributed by atoms with E-state index in [1.807, 2.05) is 13.0 Å². The molecule has 0 saturated heterocycles. The van der Waals surface area contributed by atoms with Gasteiger partial charge < -0.3 is 14.6 Å². The Labute approximate surface area is 134 Å². The Morgan fingerprint density at radius 3 is 2.61 bits per heavy atom. The summed E-state index contributed by atoms with van der Waals surface area (Å²) < 4.78 is 40.1. The molecule has 0 bridgehead atoms. The molecular formula is C15H18O7S. The second kappa shape index (κ2) is 6.69. The van der Waals surface area contributed by atoms with Crippen molar-refractivity contribution >= 4 is 16.1 Å². The summed E-state index contributed by atoms with van der Waals surface area (Å²) >= 11 is 0. The Hall–Kier alpha value is -1.90. The van der Waals surface area contributed by atoms with Gasteiger partial charge in [-0.25, -0.2) is 0 Å². The molecule has 3 unspecified atom stereocenters. The van der Waals surface area contributed by atoms with Crippen LogP contribution in [0.1, 0.15) is 13.8 Å². The van der Waals surface area contributed by atoms with Crippen LogP contribution in [0.3, 0.4) is 0 Å². The maximum Gasteiger partial charge on any atom is 0.329 e. The van der Waals surface area contributed by atoms with E-state index >= 15 is 0 Å². The van der Waals surface area contributed by atoms with Crippen LogP contribution in [0.2, 0.25) is 0 Å². The van der Waals surface area contributed by atoms with Crippen LogP contribution in [0.4, 0.5) is 0 Å². The molecule has 23 heavy (non-hydrogen) atoms. The van der Waals surface area contributed by atoms with Gasteiger partial charge in [0.15, 0.2) is 12.0 Å². The summed E-state index contributed by atoms with van der Waals surface area (Å²) in [6.07, 6.45) is 7.67. The fourth-order valence-electron chi connectivity index (χ4n) is 2.44. The molecule has 2 aliphatic carbocycles. The van der Waals surface area contributed by atoms with E-state index in [9.17, 15) is 18.3 Å². The molecule has 3 atom stereocenters. The Morgan fingerprint density at radius 1 is 1.30 bits per heavy atom. The number of carbonyl (C=O) groups excluding carboxylic acids is 1. The number of hydrogen-bond donors (Lipinski definition) is 2. The summed E-state index contributed by atoms with van der Waals surface area (Å²) in [5.74, 6) is -1.38. The van der Waals surface area contributed by atoms with Gasteiger partial charge in [-0.3, -0.25) is 9.35 Å². The third kappa shape index (κ3) is 5.05. The highest BCUT2D eigenvalue weighted by atomic mass is 32.2. The van der Waals surface area contributed by atoms with E-state index in [1.54, 1.807) is 18.2 Å². The number of fused-ring (bicyclic) bond motifs is 1. The molecule has 0 aliphatic heterocycles. The second-order valence-corrected chi connectivity index (χ2v) is 6.87. The Balaban J connectivity index is 2.09. The van der Waals surface area contributed by atoms with Gasteiger partial charge in [0, 0.05) is 5.92 Å². The Kier molecular flexibility index (Phi) is 5.08. The van der Waals surface area contributed by atoms with Gasteiger partial charge >= 0.3 is 5.97 Å². The number of rotatable bonds is 5. The van der Waals surface area contributed by atoms with E-state index in [1.165, 1.54) is 13.0 Å². The predicted octanol–water partition coefficient (Wildman–Crippen LogP) is 1.30. The van der Waals surface area contributed by atoms with Gasteiger partial charge in [0.2, 0.25) is 0 Å². The van der Waals surface area contributed by atoms with E-state index in [-0.39, 0.29) is 17.6 Å². The lowest BCUT2D eigenvalue weighted by Crippen LogP contribution is -2.21. The van der Waals surface area contributed by atoms with Crippen molar-refractivity contribution < 1.29 is 32.3 Å². The number of hydrogen-bond acceptors (Lipinski definition) is 6. The van der Waals surface area contributed by atoms with Crippen LogP contribution >= 0.6 is 0 Å². The van der Waals surface area contributed by atoms with Crippen molar-refractivity contribution in [3.05, 3.63) is 47.5 Å². The maximum absolute atomic E-state index is 11.4. The Bertz CT molecular complexity index is 710. The van der Waals surface area contributed by atoms with Gasteiger partial charge in [-0.15, -0.1) is 0 Å². The number of esters is 1. The molecule has 2 N–H and O–H groups in total. The highest BCUT2D eigenvalue weighted by Gasteiger charge is 2.26. The number of aliphatic hydroxyl groups excluding tert-OH is 1. The highest BCUT2D eigenvalue weighted by Crippen LogP contribution is 2.35. The van der Waals surface area contributed by atoms with Crippen molar-refractivity contribution in [2.45, 2.75) is 20.1 Å². The van der Waals surface area contributed by atoms with Gasteiger partial charge in [0.05, 0.1) is 0 Å². The molecule has 126 valence electrons. The number of carbonyl (C=O) groups is 1. The summed E-state index contributed by atoms with van der Waals surface area (Å²) in [6, 6.07) is 0. The lowest BCUT2D eigenvalue weighted by molar-refractivity contribution is -0.136. The van der Waals surface area contributed by atoms with Gasteiger partial charge in [0.1, 0.15) is 11.5 Å². The zero-order chi connectivity index (χ0) is 17.2. The molecule has 0 heterocycles. The fraction of sp³-hybridized carbons (Fsp3) is 0.400. The second-order valence-electron chi connectivity index (χ2n) is 5.42. The molecule has 8 heteroatoms. The van der Waals surface area contributed by atoms with Crippen molar-refractivity contribution in [1.82, 2.24) is 0 Å². The van der Waals surface area contributed by atoms with E-state index in [4.69, 9.17) is 14.0 Å². The topological polar surface area (TPSA) is 110 Å². The van der Waals surface area contributed by atoms with Crippen LogP contribution in [0.5, 0.6) is 0 Å². The van der Waals surface area contributed by atoms with Crippen LogP contribution in [-0.4, -0.2) is 36.1 Å². The first kappa shape index (κ1) is 17.5. The summed E-state index contributed by atoms with van der Waals surface area (Å²) in [5, 5.41) is 9.27. The van der Waals surface area contributed by atoms with Gasteiger partial charge in [-0.2, -0.15) is 8.42 Å².